The minimum absolute atomic E-state index is 0.621. The van der Waals surface area contributed by atoms with Gasteiger partial charge in [-0.05, 0) is 30.3 Å². The molecule has 1 heterocycles. The number of benzene rings is 2. The van der Waals surface area contributed by atoms with Crippen LogP contribution in [0.2, 0.25) is 0 Å². The standard InChI is InChI=1S/C17H22N2O/c1-18-14-9-10-19(11-14)12-16-15-6-4-3-5-13(15)7-8-17(16)20-2/h3-8,14,18H,9-12H2,1-2H3. The van der Waals surface area contributed by atoms with E-state index in [2.05, 4.69) is 46.6 Å². The average molecular weight is 270 g/mol. The van der Waals surface area contributed by atoms with E-state index in [0.717, 1.165) is 25.4 Å². The van der Waals surface area contributed by atoms with E-state index in [1.54, 1.807) is 7.11 Å². The highest BCUT2D eigenvalue weighted by atomic mass is 16.5. The van der Waals surface area contributed by atoms with Crippen LogP contribution in [0.3, 0.4) is 0 Å². The molecule has 2 aromatic carbocycles. The van der Waals surface area contributed by atoms with Crippen LogP contribution in [-0.4, -0.2) is 38.2 Å². The van der Waals surface area contributed by atoms with Crippen molar-refractivity contribution in [3.05, 3.63) is 42.0 Å². The molecule has 3 nitrogen and oxygen atoms in total. The Labute approximate surface area is 120 Å². The number of likely N-dealkylation sites (tertiary alicyclic amines) is 1. The van der Waals surface area contributed by atoms with E-state index in [-0.39, 0.29) is 0 Å². The molecule has 0 saturated carbocycles. The van der Waals surface area contributed by atoms with Crippen molar-refractivity contribution in [3.8, 4) is 5.75 Å². The summed E-state index contributed by atoms with van der Waals surface area (Å²) in [5.41, 5.74) is 1.31. The molecule has 3 heteroatoms. The monoisotopic (exact) mass is 270 g/mol. The number of likely N-dealkylation sites (N-methyl/N-ethyl adjacent to an activating group) is 1. The van der Waals surface area contributed by atoms with Crippen molar-refractivity contribution in [2.75, 3.05) is 27.2 Å². The Bertz CT molecular complexity index is 597. The summed E-state index contributed by atoms with van der Waals surface area (Å²) in [5, 5.41) is 5.96. The third kappa shape index (κ3) is 2.51. The lowest BCUT2D eigenvalue weighted by molar-refractivity contribution is 0.315. The van der Waals surface area contributed by atoms with Gasteiger partial charge < -0.3 is 10.1 Å². The lowest BCUT2D eigenvalue weighted by atomic mass is 10.0. The molecule has 0 amide bonds. The second-order valence-electron chi connectivity index (χ2n) is 5.48. The molecular weight excluding hydrogens is 248 g/mol. The third-order valence-electron chi connectivity index (χ3n) is 4.28. The van der Waals surface area contributed by atoms with Crippen LogP contribution in [0.15, 0.2) is 36.4 Å². The molecule has 1 aliphatic heterocycles. The smallest absolute Gasteiger partial charge is 0.123 e. The van der Waals surface area contributed by atoms with Gasteiger partial charge in [0.1, 0.15) is 5.75 Å². The largest absolute Gasteiger partial charge is 0.496 e. The number of nitrogens with one attached hydrogen (secondary N) is 1. The highest BCUT2D eigenvalue weighted by Gasteiger charge is 2.22. The van der Waals surface area contributed by atoms with Gasteiger partial charge in [-0.2, -0.15) is 0 Å². The minimum atomic E-state index is 0.621. The molecule has 1 unspecified atom stereocenters. The van der Waals surface area contributed by atoms with Crippen LogP contribution in [0.5, 0.6) is 5.75 Å². The van der Waals surface area contributed by atoms with Crippen LogP contribution >= 0.6 is 0 Å². The Balaban J connectivity index is 1.93. The fraction of sp³-hybridized carbons (Fsp3) is 0.412. The fourth-order valence-electron chi connectivity index (χ4n) is 3.11. The first-order valence-electron chi connectivity index (χ1n) is 7.26. The predicted octanol–water partition coefficient (Wildman–Crippen LogP) is 2.64. The number of methoxy groups -OCH3 is 1. The Morgan fingerprint density at radius 3 is 2.85 bits per heavy atom. The molecule has 106 valence electrons. The molecule has 1 saturated heterocycles. The summed E-state index contributed by atoms with van der Waals surface area (Å²) in [6, 6.07) is 13.4. The summed E-state index contributed by atoms with van der Waals surface area (Å²) in [5.74, 6) is 0.997. The van der Waals surface area contributed by atoms with Crippen LogP contribution in [0, 0.1) is 0 Å². The second kappa shape index (κ2) is 5.81. The number of ether oxygens (including phenoxy) is 1. The number of fused-ring (bicyclic) bond motifs is 1. The van der Waals surface area contributed by atoms with E-state index in [9.17, 15) is 0 Å². The molecule has 0 radical (unpaired) electrons. The van der Waals surface area contributed by atoms with Gasteiger partial charge in [-0.25, -0.2) is 0 Å². The Kier molecular flexibility index (Phi) is 3.90. The van der Waals surface area contributed by atoms with E-state index in [4.69, 9.17) is 4.74 Å². The molecule has 1 atom stereocenters. The van der Waals surface area contributed by atoms with Gasteiger partial charge in [-0.3, -0.25) is 4.90 Å². The maximum absolute atomic E-state index is 5.57. The molecule has 1 N–H and O–H groups in total. The average Bonchev–Trinajstić information content (AvgIpc) is 2.95. The summed E-state index contributed by atoms with van der Waals surface area (Å²) in [7, 11) is 3.81. The van der Waals surface area contributed by atoms with Gasteiger partial charge in [-0.1, -0.05) is 30.3 Å². The molecule has 0 aromatic heterocycles. The van der Waals surface area contributed by atoms with E-state index in [0.29, 0.717) is 6.04 Å². The zero-order chi connectivity index (χ0) is 13.9. The van der Waals surface area contributed by atoms with Gasteiger partial charge >= 0.3 is 0 Å². The van der Waals surface area contributed by atoms with Crippen molar-refractivity contribution < 1.29 is 4.74 Å². The maximum Gasteiger partial charge on any atom is 0.123 e. The van der Waals surface area contributed by atoms with Crippen LogP contribution in [0.25, 0.3) is 10.8 Å². The highest BCUT2D eigenvalue weighted by Crippen LogP contribution is 2.30. The van der Waals surface area contributed by atoms with Crippen LogP contribution < -0.4 is 10.1 Å². The van der Waals surface area contributed by atoms with E-state index < -0.39 is 0 Å². The van der Waals surface area contributed by atoms with E-state index >= 15 is 0 Å². The Hall–Kier alpha value is -1.58. The van der Waals surface area contributed by atoms with Crippen molar-refractivity contribution in [2.45, 2.75) is 19.0 Å². The topological polar surface area (TPSA) is 24.5 Å². The van der Waals surface area contributed by atoms with Crippen molar-refractivity contribution in [1.29, 1.82) is 0 Å². The molecule has 0 spiro atoms. The molecule has 20 heavy (non-hydrogen) atoms. The van der Waals surface area contributed by atoms with Gasteiger partial charge in [0.2, 0.25) is 0 Å². The van der Waals surface area contributed by atoms with E-state index in [1.165, 1.54) is 22.8 Å². The zero-order valence-corrected chi connectivity index (χ0v) is 12.2. The molecule has 0 bridgehead atoms. The Morgan fingerprint density at radius 1 is 1.25 bits per heavy atom. The first-order valence-corrected chi connectivity index (χ1v) is 7.26. The second-order valence-corrected chi connectivity index (χ2v) is 5.48. The van der Waals surface area contributed by atoms with Gasteiger partial charge in [-0.15, -0.1) is 0 Å². The van der Waals surface area contributed by atoms with Crippen molar-refractivity contribution in [2.24, 2.45) is 0 Å². The van der Waals surface area contributed by atoms with Gasteiger partial charge in [0.25, 0.3) is 0 Å². The van der Waals surface area contributed by atoms with Crippen LogP contribution in [-0.2, 0) is 6.54 Å². The summed E-state index contributed by atoms with van der Waals surface area (Å²) >= 11 is 0. The molecule has 3 rings (SSSR count). The normalized spacial score (nSPS) is 19.6. The lowest BCUT2D eigenvalue weighted by Crippen LogP contribution is -2.29. The van der Waals surface area contributed by atoms with E-state index in [1.807, 2.05) is 7.05 Å². The predicted molar refractivity (Wildman–Crippen MR) is 83.2 cm³/mol. The van der Waals surface area contributed by atoms with Gasteiger partial charge in [0.05, 0.1) is 7.11 Å². The summed E-state index contributed by atoms with van der Waals surface area (Å²) in [6.45, 7) is 3.23. The first-order chi connectivity index (χ1) is 9.81. The molecule has 0 aliphatic carbocycles. The minimum Gasteiger partial charge on any atom is -0.496 e. The van der Waals surface area contributed by atoms with Gasteiger partial charge in [0.15, 0.2) is 0 Å². The number of nitrogens with zero attached hydrogens (tertiary/aromatic N) is 1. The molecular formula is C17H22N2O. The van der Waals surface area contributed by atoms with Gasteiger partial charge in [0, 0.05) is 31.2 Å². The highest BCUT2D eigenvalue weighted by molar-refractivity contribution is 5.87. The summed E-state index contributed by atoms with van der Waals surface area (Å²) in [4.78, 5) is 2.51. The summed E-state index contributed by atoms with van der Waals surface area (Å²) < 4.78 is 5.57. The molecule has 1 aliphatic rings. The Morgan fingerprint density at radius 2 is 2.10 bits per heavy atom. The van der Waals surface area contributed by atoms with Crippen molar-refractivity contribution >= 4 is 10.8 Å². The number of hydrogen-bond donors (Lipinski definition) is 1. The fourth-order valence-corrected chi connectivity index (χ4v) is 3.11. The van der Waals surface area contributed by atoms with Crippen LogP contribution in [0.4, 0.5) is 0 Å². The van der Waals surface area contributed by atoms with Crippen molar-refractivity contribution in [1.82, 2.24) is 10.2 Å². The lowest BCUT2D eigenvalue weighted by Gasteiger charge is -2.19. The van der Waals surface area contributed by atoms with Crippen LogP contribution in [0.1, 0.15) is 12.0 Å². The molecule has 2 aromatic rings. The molecule has 1 fully saturated rings. The SMILES string of the molecule is CNC1CCN(Cc2c(OC)ccc3ccccc23)C1. The number of hydrogen-bond acceptors (Lipinski definition) is 3. The summed E-state index contributed by atoms with van der Waals surface area (Å²) in [6.07, 6.45) is 1.23. The first kappa shape index (κ1) is 13.4. The third-order valence-corrected chi connectivity index (χ3v) is 4.28. The number of rotatable bonds is 4. The van der Waals surface area contributed by atoms with Crippen molar-refractivity contribution in [3.63, 3.8) is 0 Å². The zero-order valence-electron chi connectivity index (χ0n) is 12.2. The maximum atomic E-state index is 5.57. The quantitative estimate of drug-likeness (QED) is 0.924.